The molecular weight excluding hydrogens is 380 g/mol. The summed E-state index contributed by atoms with van der Waals surface area (Å²) in [7, 11) is 0. The second-order valence-electron chi connectivity index (χ2n) is 7.03. The van der Waals surface area contributed by atoms with Gasteiger partial charge in [-0.2, -0.15) is 0 Å². The van der Waals surface area contributed by atoms with Gasteiger partial charge >= 0.3 is 0 Å². The highest BCUT2D eigenvalue weighted by molar-refractivity contribution is 7.13. The summed E-state index contributed by atoms with van der Waals surface area (Å²) in [6.45, 7) is 11.0. The van der Waals surface area contributed by atoms with Gasteiger partial charge in [-0.15, -0.1) is 11.3 Å². The van der Waals surface area contributed by atoms with Gasteiger partial charge in [0, 0.05) is 16.8 Å². The third-order valence-electron chi connectivity index (χ3n) is 4.00. The fraction of sp³-hybridized carbons (Fsp3) is 0.429. The number of rotatable bonds is 7. The van der Waals surface area contributed by atoms with Crippen LogP contribution in [0, 0.1) is 0 Å². The second kappa shape index (κ2) is 8.44. The average Bonchev–Trinajstić information content (AvgIpc) is 3.11. The fourth-order valence-corrected chi connectivity index (χ4v) is 3.86. The molecule has 27 heavy (non-hydrogen) atoms. The first kappa shape index (κ1) is 19.9. The van der Waals surface area contributed by atoms with E-state index in [-0.39, 0.29) is 6.10 Å². The molecule has 0 aliphatic rings. The van der Waals surface area contributed by atoms with Crippen molar-refractivity contribution in [2.45, 2.75) is 53.1 Å². The minimum atomic E-state index is 0.0424. The molecule has 0 saturated carbocycles. The number of nitrogens with zero attached hydrogens (tertiary/aromatic N) is 2. The minimum Gasteiger partial charge on any atom is -0.492 e. The zero-order valence-corrected chi connectivity index (χ0v) is 17.9. The van der Waals surface area contributed by atoms with Gasteiger partial charge in [0.1, 0.15) is 27.2 Å². The molecule has 0 amide bonds. The summed E-state index contributed by atoms with van der Waals surface area (Å²) in [6, 6.07) is 5.80. The smallest absolute Gasteiger partial charge is 0.142 e. The van der Waals surface area contributed by atoms with Crippen molar-refractivity contribution in [3.63, 3.8) is 0 Å². The molecular formula is C21H25ClN2O2S. The Morgan fingerprint density at radius 1 is 1.11 bits per heavy atom. The Morgan fingerprint density at radius 2 is 1.89 bits per heavy atom. The predicted octanol–water partition coefficient (Wildman–Crippen LogP) is 6.71. The molecule has 0 fully saturated rings. The normalized spacial score (nSPS) is 11.6. The number of hydrogen-bond donors (Lipinski definition) is 0. The summed E-state index contributed by atoms with van der Waals surface area (Å²) >= 11 is 8.23. The highest BCUT2D eigenvalue weighted by atomic mass is 35.5. The first-order valence-corrected chi connectivity index (χ1v) is 10.5. The molecule has 0 atom stereocenters. The SMILES string of the molecule is CCCOc1ccc2c(OC(C)C)cc(-c3nc(C(C)C)cs3)nc2c1Cl. The number of benzene rings is 1. The molecule has 3 rings (SSSR count). The van der Waals surface area contributed by atoms with Crippen molar-refractivity contribution in [1.82, 2.24) is 9.97 Å². The first-order valence-electron chi connectivity index (χ1n) is 9.29. The summed E-state index contributed by atoms with van der Waals surface area (Å²) < 4.78 is 11.8. The van der Waals surface area contributed by atoms with Crippen LogP contribution >= 0.6 is 22.9 Å². The summed E-state index contributed by atoms with van der Waals surface area (Å²) in [5, 5.41) is 4.33. The number of hydrogen-bond acceptors (Lipinski definition) is 5. The van der Waals surface area contributed by atoms with E-state index in [2.05, 4.69) is 26.2 Å². The van der Waals surface area contributed by atoms with Crippen LogP contribution in [0.3, 0.4) is 0 Å². The molecule has 0 unspecified atom stereocenters. The van der Waals surface area contributed by atoms with Crippen molar-refractivity contribution < 1.29 is 9.47 Å². The molecule has 0 saturated heterocycles. The maximum Gasteiger partial charge on any atom is 0.142 e. The van der Waals surface area contributed by atoms with Crippen molar-refractivity contribution in [2.24, 2.45) is 0 Å². The van der Waals surface area contributed by atoms with Crippen LogP contribution in [0.2, 0.25) is 5.02 Å². The molecule has 2 heterocycles. The molecule has 0 spiro atoms. The third-order valence-corrected chi connectivity index (χ3v) is 5.25. The third kappa shape index (κ3) is 4.36. The van der Waals surface area contributed by atoms with Gasteiger partial charge in [0.15, 0.2) is 0 Å². The van der Waals surface area contributed by atoms with Gasteiger partial charge in [-0.05, 0) is 38.3 Å². The molecule has 0 radical (unpaired) electrons. The van der Waals surface area contributed by atoms with Crippen LogP contribution in [0.4, 0.5) is 0 Å². The summed E-state index contributed by atoms with van der Waals surface area (Å²) in [5.41, 5.74) is 2.51. The van der Waals surface area contributed by atoms with E-state index in [1.54, 1.807) is 11.3 Å². The summed E-state index contributed by atoms with van der Waals surface area (Å²) in [6.07, 6.45) is 0.960. The number of fused-ring (bicyclic) bond motifs is 1. The molecule has 3 aromatic rings. The molecule has 2 aromatic heterocycles. The molecule has 6 heteroatoms. The number of aromatic nitrogens is 2. The van der Waals surface area contributed by atoms with Gasteiger partial charge in [0.05, 0.1) is 23.9 Å². The predicted molar refractivity (Wildman–Crippen MR) is 114 cm³/mol. The van der Waals surface area contributed by atoms with E-state index in [0.717, 1.165) is 34.0 Å². The van der Waals surface area contributed by atoms with Crippen LogP contribution in [0.5, 0.6) is 11.5 Å². The zero-order valence-electron chi connectivity index (χ0n) is 16.4. The second-order valence-corrected chi connectivity index (χ2v) is 8.26. The van der Waals surface area contributed by atoms with Crippen LogP contribution in [-0.4, -0.2) is 22.7 Å². The van der Waals surface area contributed by atoms with E-state index in [4.69, 9.17) is 31.0 Å². The van der Waals surface area contributed by atoms with E-state index in [9.17, 15) is 0 Å². The van der Waals surface area contributed by atoms with Crippen LogP contribution in [-0.2, 0) is 0 Å². The molecule has 0 bridgehead atoms. The fourth-order valence-electron chi connectivity index (χ4n) is 2.66. The molecule has 0 aliphatic carbocycles. The van der Waals surface area contributed by atoms with Crippen LogP contribution < -0.4 is 9.47 Å². The van der Waals surface area contributed by atoms with Gasteiger partial charge in [-0.3, -0.25) is 0 Å². The van der Waals surface area contributed by atoms with Crippen molar-refractivity contribution in [1.29, 1.82) is 0 Å². The maximum atomic E-state index is 6.64. The van der Waals surface area contributed by atoms with Gasteiger partial charge in [0.25, 0.3) is 0 Å². The molecule has 144 valence electrons. The van der Waals surface area contributed by atoms with E-state index in [0.29, 0.717) is 28.8 Å². The van der Waals surface area contributed by atoms with Gasteiger partial charge in [-0.1, -0.05) is 32.4 Å². The Bertz CT molecular complexity index is 937. The number of halogens is 1. The van der Waals surface area contributed by atoms with Crippen molar-refractivity contribution in [2.75, 3.05) is 6.61 Å². The molecule has 0 N–H and O–H groups in total. The lowest BCUT2D eigenvalue weighted by Gasteiger charge is -2.15. The maximum absolute atomic E-state index is 6.64. The molecule has 1 aromatic carbocycles. The first-order chi connectivity index (χ1) is 12.9. The summed E-state index contributed by atoms with van der Waals surface area (Å²) in [5.74, 6) is 1.78. The van der Waals surface area contributed by atoms with Crippen molar-refractivity contribution in [3.05, 3.63) is 34.3 Å². The van der Waals surface area contributed by atoms with Crippen LogP contribution in [0.15, 0.2) is 23.6 Å². The lowest BCUT2D eigenvalue weighted by atomic mass is 10.1. The standard InChI is InChI=1S/C21H25ClN2O2S/c1-6-9-25-17-8-7-14-18(26-13(4)5)10-15(23-20(14)19(17)22)21-24-16(11-27-21)12(2)3/h7-8,10-13H,6,9H2,1-5H3. The largest absolute Gasteiger partial charge is 0.492 e. The monoisotopic (exact) mass is 404 g/mol. The average molecular weight is 405 g/mol. The van der Waals surface area contributed by atoms with Crippen molar-refractivity contribution in [3.8, 4) is 22.2 Å². The topological polar surface area (TPSA) is 44.2 Å². The highest BCUT2D eigenvalue weighted by Gasteiger charge is 2.17. The highest BCUT2D eigenvalue weighted by Crippen LogP contribution is 2.39. The van der Waals surface area contributed by atoms with E-state index in [1.165, 1.54) is 0 Å². The van der Waals surface area contributed by atoms with Crippen LogP contribution in [0.25, 0.3) is 21.6 Å². The zero-order chi connectivity index (χ0) is 19.6. The molecule has 0 aliphatic heterocycles. The van der Waals surface area contributed by atoms with Gasteiger partial charge in [-0.25, -0.2) is 9.97 Å². The van der Waals surface area contributed by atoms with E-state index < -0.39 is 0 Å². The van der Waals surface area contributed by atoms with Gasteiger partial charge in [0.2, 0.25) is 0 Å². The lowest BCUT2D eigenvalue weighted by molar-refractivity contribution is 0.245. The summed E-state index contributed by atoms with van der Waals surface area (Å²) in [4.78, 5) is 9.55. The molecule has 4 nitrogen and oxygen atoms in total. The Hall–Kier alpha value is -1.85. The van der Waals surface area contributed by atoms with Crippen LogP contribution in [0.1, 0.15) is 52.7 Å². The number of ether oxygens (including phenoxy) is 2. The minimum absolute atomic E-state index is 0.0424. The number of pyridine rings is 1. The Morgan fingerprint density at radius 3 is 2.52 bits per heavy atom. The van der Waals surface area contributed by atoms with E-state index in [1.807, 2.05) is 32.0 Å². The Balaban J connectivity index is 2.16. The Kier molecular flexibility index (Phi) is 6.22. The van der Waals surface area contributed by atoms with Gasteiger partial charge < -0.3 is 9.47 Å². The quantitative estimate of drug-likeness (QED) is 0.438. The number of thiazole rings is 1. The lowest BCUT2D eigenvalue weighted by Crippen LogP contribution is -2.07. The van der Waals surface area contributed by atoms with Crippen molar-refractivity contribution >= 4 is 33.8 Å². The Labute approximate surface area is 169 Å². The van der Waals surface area contributed by atoms with E-state index >= 15 is 0 Å².